The first-order valence-electron chi connectivity index (χ1n) is 11.6. The number of ether oxygens (including phenoxy) is 1. The molecule has 5 heterocycles. The molecule has 0 aromatic carbocycles. The zero-order valence-electron chi connectivity index (χ0n) is 18.8. The van der Waals surface area contributed by atoms with Gasteiger partial charge in [0.1, 0.15) is 17.2 Å². The number of nitrogens with two attached hydrogens (primary N) is 1. The van der Waals surface area contributed by atoms with E-state index in [4.69, 9.17) is 15.5 Å². The number of hydrogen-bond donors (Lipinski definition) is 2. The third-order valence-corrected chi connectivity index (χ3v) is 6.47. The Hall–Kier alpha value is -3.76. The van der Waals surface area contributed by atoms with E-state index in [0.717, 1.165) is 57.2 Å². The number of aromatic nitrogens is 5. The molecule has 3 aromatic heterocycles. The molecule has 0 atom stereocenters. The predicted octanol–water partition coefficient (Wildman–Crippen LogP) is 1.92. The number of rotatable bonds is 5. The molecule has 2 saturated heterocycles. The molecule has 0 radical (unpaired) electrons. The van der Waals surface area contributed by atoms with Crippen molar-refractivity contribution in [3.05, 3.63) is 66.7 Å². The van der Waals surface area contributed by atoms with Crippen LogP contribution in [-0.4, -0.2) is 79.6 Å². The molecule has 0 saturated carbocycles. The molecule has 10 nitrogen and oxygen atoms in total. The van der Waals surface area contributed by atoms with Crippen molar-refractivity contribution in [3.8, 4) is 11.4 Å². The summed E-state index contributed by atoms with van der Waals surface area (Å²) in [6, 6.07) is 0.609. The average Bonchev–Trinajstić information content (AvgIpc) is 3.18. The second-order valence-electron chi connectivity index (χ2n) is 8.69. The Morgan fingerprint density at radius 1 is 1.03 bits per heavy atom. The Morgan fingerprint density at radius 3 is 2.71 bits per heavy atom. The van der Waals surface area contributed by atoms with Gasteiger partial charge >= 0.3 is 0 Å². The van der Waals surface area contributed by atoms with E-state index >= 15 is 0 Å². The Balaban J connectivity index is 1.22. The minimum Gasteiger partial charge on any atom is -0.382 e. The summed E-state index contributed by atoms with van der Waals surface area (Å²) >= 11 is 0. The van der Waals surface area contributed by atoms with Crippen LogP contribution < -0.4 is 11.1 Å². The van der Waals surface area contributed by atoms with Crippen LogP contribution in [0.15, 0.2) is 66.7 Å². The number of fused-ring (bicyclic) bond motifs is 1. The highest BCUT2D eigenvalue weighted by molar-refractivity contribution is 5.69. The van der Waals surface area contributed by atoms with Gasteiger partial charge in [0.25, 0.3) is 0 Å². The molecule has 0 unspecified atom stereocenters. The molecule has 34 heavy (non-hydrogen) atoms. The topological polar surface area (TPSA) is 110 Å². The maximum Gasteiger partial charge on any atom is 0.180 e. The summed E-state index contributed by atoms with van der Waals surface area (Å²) in [4.78, 5) is 22.8. The van der Waals surface area contributed by atoms with Crippen molar-refractivity contribution in [3.63, 3.8) is 0 Å². The molecule has 0 spiro atoms. The number of imidazole rings is 1. The molecule has 3 aliphatic rings. The van der Waals surface area contributed by atoms with E-state index in [-0.39, 0.29) is 0 Å². The number of nitrogens with zero attached hydrogens (tertiary/aromatic N) is 7. The fraction of sp³-hybridized carbons (Fsp3) is 0.333. The lowest BCUT2D eigenvalue weighted by atomic mass is 10.1. The molecule has 2 fully saturated rings. The lowest BCUT2D eigenvalue weighted by Gasteiger charge is -2.43. The Labute approximate surface area is 197 Å². The van der Waals surface area contributed by atoms with Crippen LogP contribution in [0.2, 0.25) is 0 Å². The van der Waals surface area contributed by atoms with Gasteiger partial charge in [-0.05, 0) is 18.2 Å². The fourth-order valence-corrected chi connectivity index (χ4v) is 4.49. The molecule has 1 aliphatic carbocycles. The van der Waals surface area contributed by atoms with Crippen LogP contribution in [0, 0.1) is 0 Å². The van der Waals surface area contributed by atoms with E-state index in [9.17, 15) is 0 Å². The second-order valence-corrected chi connectivity index (χ2v) is 8.69. The molecular weight excluding hydrogens is 430 g/mol. The van der Waals surface area contributed by atoms with Crippen LogP contribution in [0.3, 0.4) is 0 Å². The standard InChI is InChI=1S/C24H27N9O/c25-22-13-26-12-20(29-22)21-14-33-7-6-27-24(33)23(30-21)28-17-2-1-3-18(5-4-17)31-8-10-32(11-9-31)19-15-34-16-19/h1,3-7,12-14,19H,2,8-11,15-16H2,(H2,25,29)(H,28,30). The van der Waals surface area contributed by atoms with Crippen LogP contribution >= 0.6 is 0 Å². The molecule has 10 heteroatoms. The third kappa shape index (κ3) is 4.13. The van der Waals surface area contributed by atoms with Crippen molar-refractivity contribution in [2.24, 2.45) is 0 Å². The average molecular weight is 458 g/mol. The summed E-state index contributed by atoms with van der Waals surface area (Å²) in [5, 5.41) is 3.49. The molecule has 6 rings (SSSR count). The van der Waals surface area contributed by atoms with Crippen molar-refractivity contribution in [1.29, 1.82) is 0 Å². The van der Waals surface area contributed by atoms with Crippen molar-refractivity contribution in [2.45, 2.75) is 12.5 Å². The molecule has 0 amide bonds. The lowest BCUT2D eigenvalue weighted by Crippen LogP contribution is -2.56. The minimum atomic E-state index is 0.357. The van der Waals surface area contributed by atoms with Crippen molar-refractivity contribution in [2.75, 3.05) is 50.4 Å². The molecule has 3 aromatic rings. The van der Waals surface area contributed by atoms with Gasteiger partial charge in [-0.1, -0.05) is 6.08 Å². The summed E-state index contributed by atoms with van der Waals surface area (Å²) in [6.07, 6.45) is 18.2. The quantitative estimate of drug-likeness (QED) is 0.594. The third-order valence-electron chi connectivity index (χ3n) is 6.47. The summed E-state index contributed by atoms with van der Waals surface area (Å²) in [5.74, 6) is 1.02. The van der Waals surface area contributed by atoms with E-state index in [1.165, 1.54) is 11.9 Å². The molecular formula is C24H27N9O. The fourth-order valence-electron chi connectivity index (χ4n) is 4.49. The smallest absolute Gasteiger partial charge is 0.180 e. The van der Waals surface area contributed by atoms with Crippen LogP contribution in [0.25, 0.3) is 17.0 Å². The molecule has 2 aliphatic heterocycles. The minimum absolute atomic E-state index is 0.357. The zero-order valence-corrected chi connectivity index (χ0v) is 18.8. The highest BCUT2D eigenvalue weighted by Crippen LogP contribution is 2.24. The Kier molecular flexibility index (Phi) is 5.44. The number of anilines is 2. The normalized spacial score (nSPS) is 19.5. The van der Waals surface area contributed by atoms with Crippen LogP contribution in [0.4, 0.5) is 11.6 Å². The summed E-state index contributed by atoms with van der Waals surface area (Å²) in [7, 11) is 0. The summed E-state index contributed by atoms with van der Waals surface area (Å²) < 4.78 is 7.28. The van der Waals surface area contributed by atoms with Gasteiger partial charge in [-0.2, -0.15) is 0 Å². The largest absolute Gasteiger partial charge is 0.382 e. The van der Waals surface area contributed by atoms with Gasteiger partial charge < -0.3 is 25.1 Å². The summed E-state index contributed by atoms with van der Waals surface area (Å²) in [6.45, 7) is 5.98. The van der Waals surface area contributed by atoms with Gasteiger partial charge in [0.15, 0.2) is 11.5 Å². The van der Waals surface area contributed by atoms with Crippen molar-refractivity contribution in [1.82, 2.24) is 34.1 Å². The number of nitrogens with one attached hydrogen (secondary N) is 1. The maximum absolute atomic E-state index is 5.83. The molecule has 0 bridgehead atoms. The van der Waals surface area contributed by atoms with Crippen LogP contribution in [0.1, 0.15) is 6.42 Å². The first-order chi connectivity index (χ1) is 16.7. The van der Waals surface area contributed by atoms with Gasteiger partial charge in [0, 0.05) is 62.6 Å². The summed E-state index contributed by atoms with van der Waals surface area (Å²) in [5.41, 5.74) is 10.1. The monoisotopic (exact) mass is 457 g/mol. The number of nitrogen functional groups attached to an aromatic ring is 1. The highest BCUT2D eigenvalue weighted by Gasteiger charge is 2.29. The second kappa shape index (κ2) is 8.88. The number of hydrogen-bond acceptors (Lipinski definition) is 9. The van der Waals surface area contributed by atoms with Crippen LogP contribution in [-0.2, 0) is 4.74 Å². The van der Waals surface area contributed by atoms with Gasteiger partial charge in [0.2, 0.25) is 0 Å². The van der Waals surface area contributed by atoms with Gasteiger partial charge in [-0.25, -0.2) is 15.0 Å². The van der Waals surface area contributed by atoms with E-state index < -0.39 is 0 Å². The zero-order chi connectivity index (χ0) is 22.9. The van der Waals surface area contributed by atoms with Gasteiger partial charge in [-0.15, -0.1) is 0 Å². The molecule has 3 N–H and O–H groups in total. The first-order valence-corrected chi connectivity index (χ1v) is 11.6. The lowest BCUT2D eigenvalue weighted by molar-refractivity contribution is -0.0745. The Morgan fingerprint density at radius 2 is 1.91 bits per heavy atom. The van der Waals surface area contributed by atoms with Crippen molar-refractivity contribution >= 4 is 17.3 Å². The van der Waals surface area contributed by atoms with Gasteiger partial charge in [-0.3, -0.25) is 9.88 Å². The van der Waals surface area contributed by atoms with E-state index in [1.807, 2.05) is 16.8 Å². The first kappa shape index (κ1) is 20.8. The maximum atomic E-state index is 5.83. The van der Waals surface area contributed by atoms with E-state index in [2.05, 4.69) is 54.4 Å². The number of piperazine rings is 1. The van der Waals surface area contributed by atoms with Crippen molar-refractivity contribution < 1.29 is 4.74 Å². The number of allylic oxidation sites excluding steroid dienone is 4. The Bertz CT molecular complexity index is 1280. The van der Waals surface area contributed by atoms with Crippen LogP contribution in [0.5, 0.6) is 0 Å². The molecule has 174 valence electrons. The van der Waals surface area contributed by atoms with Gasteiger partial charge in [0.05, 0.1) is 31.6 Å². The van der Waals surface area contributed by atoms with E-state index in [0.29, 0.717) is 29.1 Å². The highest BCUT2D eigenvalue weighted by atomic mass is 16.5. The SMILES string of the molecule is Nc1cncc(-c2cn3ccnc3c(NC3=CC=C(N4CCN(C5COC5)CC4)C=CC3)n2)n1. The predicted molar refractivity (Wildman–Crippen MR) is 130 cm³/mol. The van der Waals surface area contributed by atoms with E-state index in [1.54, 1.807) is 12.4 Å².